The molecule has 1 unspecified atom stereocenters. The molecular weight excluding hydrogens is 172 g/mol. The van der Waals surface area contributed by atoms with Crippen molar-refractivity contribution in [2.24, 2.45) is 0 Å². The van der Waals surface area contributed by atoms with Crippen molar-refractivity contribution in [1.29, 1.82) is 0 Å². The number of rotatable bonds is 0. The summed E-state index contributed by atoms with van der Waals surface area (Å²) in [6.07, 6.45) is 9.51. The zero-order valence-corrected chi connectivity index (χ0v) is 7.64. The largest absolute Gasteiger partial charge is 0.377 e. The van der Waals surface area contributed by atoms with Crippen LogP contribution in [0.3, 0.4) is 0 Å². The Hall–Kier alpha value is -1.60. The first kappa shape index (κ1) is 7.77. The summed E-state index contributed by atoms with van der Waals surface area (Å²) in [5, 5.41) is 10.2. The second-order valence-corrected chi connectivity index (χ2v) is 3.69. The van der Waals surface area contributed by atoms with Crippen LogP contribution >= 0.6 is 0 Å². The van der Waals surface area contributed by atoms with Crippen molar-refractivity contribution in [3.63, 3.8) is 0 Å². The third kappa shape index (κ3) is 0.875. The van der Waals surface area contributed by atoms with E-state index in [-0.39, 0.29) is 0 Å². The van der Waals surface area contributed by atoms with Crippen molar-refractivity contribution in [3.8, 4) is 0 Å². The number of aliphatic hydroxyl groups is 1. The van der Waals surface area contributed by atoms with Crippen LogP contribution in [0.15, 0.2) is 48.6 Å². The third-order valence-corrected chi connectivity index (χ3v) is 2.81. The molecule has 0 bridgehead atoms. The Balaban J connectivity index is 2.29. The van der Waals surface area contributed by atoms with E-state index in [0.717, 1.165) is 11.1 Å². The summed E-state index contributed by atoms with van der Waals surface area (Å²) in [4.78, 5) is 0. The summed E-state index contributed by atoms with van der Waals surface area (Å²) in [6.45, 7) is 0. The highest BCUT2D eigenvalue weighted by Gasteiger charge is 2.32. The summed E-state index contributed by atoms with van der Waals surface area (Å²) in [6, 6.07) is 8.11. The monoisotopic (exact) mass is 182 g/mol. The molecule has 1 atom stereocenters. The average molecular weight is 182 g/mol. The maximum absolute atomic E-state index is 10.2. The number of hydrogen-bond donors (Lipinski definition) is 1. The molecule has 68 valence electrons. The fourth-order valence-corrected chi connectivity index (χ4v) is 2.07. The van der Waals surface area contributed by atoms with E-state index < -0.39 is 5.60 Å². The predicted octanol–water partition coefficient (Wildman–Crippen LogP) is 2.40. The molecule has 0 spiro atoms. The smallest absolute Gasteiger partial charge is 0.128 e. The highest BCUT2D eigenvalue weighted by atomic mass is 16.3. The molecule has 1 nitrogen and oxygen atoms in total. The minimum atomic E-state index is -0.867. The fourth-order valence-electron chi connectivity index (χ4n) is 2.07. The lowest BCUT2D eigenvalue weighted by Crippen LogP contribution is -2.24. The Morgan fingerprint density at radius 1 is 1.07 bits per heavy atom. The summed E-state index contributed by atoms with van der Waals surface area (Å²) in [5.41, 5.74) is 2.42. The van der Waals surface area contributed by atoms with Crippen LogP contribution < -0.4 is 0 Å². The molecule has 0 aromatic heterocycles. The van der Waals surface area contributed by atoms with Gasteiger partial charge in [0.25, 0.3) is 0 Å². The average Bonchev–Trinajstić information content (AvgIpc) is 2.60. The number of fused-ring (bicyclic) bond motifs is 3. The first-order valence-electron chi connectivity index (χ1n) is 4.71. The molecule has 1 N–H and O–H groups in total. The van der Waals surface area contributed by atoms with Gasteiger partial charge in [-0.2, -0.15) is 0 Å². The standard InChI is InChI=1S/C13H10O/c14-13-8-3-6-12(13)11-5-2-1-4-10(11)7-9-13/h1-9,14H. The zero-order chi connectivity index (χ0) is 9.60. The first-order chi connectivity index (χ1) is 6.80. The summed E-state index contributed by atoms with van der Waals surface area (Å²) in [5.74, 6) is 0. The highest BCUT2D eigenvalue weighted by molar-refractivity contribution is 5.89. The van der Waals surface area contributed by atoms with Gasteiger partial charge in [-0.3, -0.25) is 0 Å². The molecule has 0 heterocycles. The molecular formula is C13H10O. The van der Waals surface area contributed by atoms with Gasteiger partial charge in [-0.1, -0.05) is 42.5 Å². The predicted molar refractivity (Wildman–Crippen MR) is 57.5 cm³/mol. The van der Waals surface area contributed by atoms with E-state index in [1.54, 1.807) is 0 Å². The molecule has 0 amide bonds. The molecule has 0 radical (unpaired) electrons. The SMILES string of the molecule is OC12C=CC=C1c1ccccc1C=C2. The normalized spacial score (nSPS) is 27.1. The molecule has 2 aliphatic carbocycles. The van der Waals surface area contributed by atoms with Crippen molar-refractivity contribution >= 4 is 11.6 Å². The minimum Gasteiger partial charge on any atom is -0.377 e. The molecule has 14 heavy (non-hydrogen) atoms. The number of benzene rings is 1. The van der Waals surface area contributed by atoms with Gasteiger partial charge in [0.2, 0.25) is 0 Å². The van der Waals surface area contributed by atoms with E-state index in [1.807, 2.05) is 48.6 Å². The molecule has 1 aromatic carbocycles. The van der Waals surface area contributed by atoms with Crippen LogP contribution in [-0.2, 0) is 0 Å². The van der Waals surface area contributed by atoms with Gasteiger partial charge in [-0.05, 0) is 28.9 Å². The van der Waals surface area contributed by atoms with Gasteiger partial charge in [0.05, 0.1) is 0 Å². The van der Waals surface area contributed by atoms with E-state index in [9.17, 15) is 5.11 Å². The van der Waals surface area contributed by atoms with Crippen LogP contribution in [0, 0.1) is 0 Å². The van der Waals surface area contributed by atoms with Crippen LogP contribution in [0.2, 0.25) is 0 Å². The van der Waals surface area contributed by atoms with Crippen LogP contribution in [0.5, 0.6) is 0 Å². The van der Waals surface area contributed by atoms with E-state index >= 15 is 0 Å². The zero-order valence-electron chi connectivity index (χ0n) is 7.64. The van der Waals surface area contributed by atoms with Crippen LogP contribution in [0.25, 0.3) is 11.6 Å². The third-order valence-electron chi connectivity index (χ3n) is 2.81. The molecule has 3 rings (SSSR count). The molecule has 1 aromatic rings. The highest BCUT2D eigenvalue weighted by Crippen LogP contribution is 2.39. The van der Waals surface area contributed by atoms with Gasteiger partial charge in [0, 0.05) is 0 Å². The van der Waals surface area contributed by atoms with Gasteiger partial charge in [-0.25, -0.2) is 0 Å². The van der Waals surface area contributed by atoms with Crippen LogP contribution in [-0.4, -0.2) is 10.7 Å². The summed E-state index contributed by atoms with van der Waals surface area (Å²) >= 11 is 0. The molecule has 0 fully saturated rings. The van der Waals surface area contributed by atoms with Crippen molar-refractivity contribution in [2.45, 2.75) is 5.60 Å². The second-order valence-electron chi connectivity index (χ2n) is 3.69. The Morgan fingerprint density at radius 2 is 1.93 bits per heavy atom. The van der Waals surface area contributed by atoms with Gasteiger partial charge >= 0.3 is 0 Å². The Bertz CT molecular complexity index is 480. The maximum Gasteiger partial charge on any atom is 0.128 e. The van der Waals surface area contributed by atoms with Crippen molar-refractivity contribution in [3.05, 3.63) is 59.7 Å². The summed E-state index contributed by atoms with van der Waals surface area (Å²) in [7, 11) is 0. The van der Waals surface area contributed by atoms with E-state index in [4.69, 9.17) is 0 Å². The molecule has 0 aliphatic heterocycles. The van der Waals surface area contributed by atoms with E-state index in [2.05, 4.69) is 6.07 Å². The van der Waals surface area contributed by atoms with Crippen LogP contribution in [0.1, 0.15) is 11.1 Å². The summed E-state index contributed by atoms with van der Waals surface area (Å²) < 4.78 is 0. The lowest BCUT2D eigenvalue weighted by molar-refractivity contribution is 0.207. The fraction of sp³-hybridized carbons (Fsp3) is 0.0769. The number of hydrogen-bond acceptors (Lipinski definition) is 1. The first-order valence-corrected chi connectivity index (χ1v) is 4.71. The lowest BCUT2D eigenvalue weighted by atomic mass is 9.83. The Kier molecular flexibility index (Phi) is 1.36. The Morgan fingerprint density at radius 3 is 2.86 bits per heavy atom. The maximum atomic E-state index is 10.2. The van der Waals surface area contributed by atoms with Gasteiger partial charge < -0.3 is 5.11 Å². The topological polar surface area (TPSA) is 20.2 Å². The molecule has 0 saturated heterocycles. The van der Waals surface area contributed by atoms with E-state index in [0.29, 0.717) is 0 Å². The molecule has 0 saturated carbocycles. The van der Waals surface area contributed by atoms with Gasteiger partial charge in [-0.15, -0.1) is 0 Å². The van der Waals surface area contributed by atoms with Crippen molar-refractivity contribution in [1.82, 2.24) is 0 Å². The van der Waals surface area contributed by atoms with Crippen LogP contribution in [0.4, 0.5) is 0 Å². The molecule has 1 heteroatoms. The lowest BCUT2D eigenvalue weighted by Gasteiger charge is -2.26. The van der Waals surface area contributed by atoms with Crippen molar-refractivity contribution in [2.75, 3.05) is 0 Å². The van der Waals surface area contributed by atoms with Crippen molar-refractivity contribution < 1.29 is 5.11 Å². The second kappa shape index (κ2) is 2.46. The van der Waals surface area contributed by atoms with E-state index in [1.165, 1.54) is 5.56 Å². The van der Waals surface area contributed by atoms with Gasteiger partial charge in [0.1, 0.15) is 5.60 Å². The Labute approximate surface area is 82.7 Å². The van der Waals surface area contributed by atoms with Gasteiger partial charge in [0.15, 0.2) is 0 Å². The molecule has 2 aliphatic rings. The quantitative estimate of drug-likeness (QED) is 0.653. The number of allylic oxidation sites excluding steroid dienone is 2. The minimum absolute atomic E-state index is 0.867.